The van der Waals surface area contributed by atoms with Crippen molar-refractivity contribution in [2.24, 2.45) is 0 Å². The van der Waals surface area contributed by atoms with Crippen molar-refractivity contribution in [3.63, 3.8) is 0 Å². The van der Waals surface area contributed by atoms with Crippen molar-refractivity contribution in [1.29, 1.82) is 0 Å². The lowest BCUT2D eigenvalue weighted by Crippen LogP contribution is -2.36. The van der Waals surface area contributed by atoms with Crippen molar-refractivity contribution in [2.45, 2.75) is 59.5 Å². The van der Waals surface area contributed by atoms with Gasteiger partial charge in [0, 0.05) is 24.2 Å². The van der Waals surface area contributed by atoms with Gasteiger partial charge in [0.15, 0.2) is 0 Å². The monoisotopic (exact) mass is 264 g/mol. The van der Waals surface area contributed by atoms with Crippen molar-refractivity contribution in [2.75, 3.05) is 0 Å². The van der Waals surface area contributed by atoms with E-state index in [2.05, 4.69) is 11.9 Å². The topological polar surface area (TPSA) is 53.2 Å². The van der Waals surface area contributed by atoms with Gasteiger partial charge in [-0.2, -0.15) is 0 Å². The number of unbranched alkanes of at least 4 members (excludes halogenated alkanes) is 1. The summed E-state index contributed by atoms with van der Waals surface area (Å²) in [5, 5.41) is 0. The summed E-state index contributed by atoms with van der Waals surface area (Å²) < 4.78 is 0. The molecule has 19 heavy (non-hydrogen) atoms. The van der Waals surface area contributed by atoms with Crippen LogP contribution < -0.4 is 5.56 Å². The molecule has 0 saturated carbocycles. The van der Waals surface area contributed by atoms with E-state index in [-0.39, 0.29) is 17.5 Å². The van der Waals surface area contributed by atoms with Crippen LogP contribution in [0.4, 0.5) is 0 Å². The molecule has 0 aliphatic carbocycles. The number of H-pyrrole nitrogens is 1. The third-order valence-corrected chi connectivity index (χ3v) is 3.22. The number of nitrogens with zero attached hydrogens (tertiary/aromatic N) is 1. The Morgan fingerprint density at radius 1 is 1.37 bits per heavy atom. The smallest absolute Gasteiger partial charge is 0.253 e. The quantitative estimate of drug-likeness (QED) is 0.858. The zero-order valence-corrected chi connectivity index (χ0v) is 12.3. The number of hydrogen-bond donors (Lipinski definition) is 1. The predicted molar refractivity (Wildman–Crippen MR) is 77.0 cm³/mol. The van der Waals surface area contributed by atoms with E-state index in [0.29, 0.717) is 12.1 Å². The van der Waals surface area contributed by atoms with Crippen LogP contribution in [-0.4, -0.2) is 21.8 Å². The van der Waals surface area contributed by atoms with E-state index in [1.54, 1.807) is 4.90 Å². The standard InChI is InChI=1S/C15H24N2O2/c1-5-6-7-14-9-8-13(15(19)16-14)10-17(11(2)3)12(4)18/h8-9,11H,5-7,10H2,1-4H3,(H,16,19). The van der Waals surface area contributed by atoms with Crippen LogP contribution in [0.1, 0.15) is 51.8 Å². The number of pyridine rings is 1. The minimum absolute atomic E-state index is 0.00976. The second-order valence-electron chi connectivity index (χ2n) is 5.18. The zero-order valence-electron chi connectivity index (χ0n) is 12.3. The van der Waals surface area contributed by atoms with Gasteiger partial charge in [-0.15, -0.1) is 0 Å². The van der Waals surface area contributed by atoms with E-state index < -0.39 is 0 Å². The van der Waals surface area contributed by atoms with Crippen molar-refractivity contribution in [3.8, 4) is 0 Å². The molecule has 1 amide bonds. The minimum atomic E-state index is -0.0829. The largest absolute Gasteiger partial charge is 0.336 e. The maximum atomic E-state index is 12.0. The number of rotatable bonds is 6. The highest BCUT2D eigenvalue weighted by Gasteiger charge is 2.14. The summed E-state index contributed by atoms with van der Waals surface area (Å²) >= 11 is 0. The van der Waals surface area contributed by atoms with E-state index in [1.807, 2.05) is 26.0 Å². The number of aromatic amines is 1. The summed E-state index contributed by atoms with van der Waals surface area (Å²) in [6.45, 7) is 7.93. The maximum Gasteiger partial charge on any atom is 0.253 e. The second-order valence-corrected chi connectivity index (χ2v) is 5.18. The summed E-state index contributed by atoms with van der Waals surface area (Å²) in [6, 6.07) is 3.88. The molecule has 1 heterocycles. The molecule has 1 aromatic heterocycles. The van der Waals surface area contributed by atoms with Crippen molar-refractivity contribution in [1.82, 2.24) is 9.88 Å². The van der Waals surface area contributed by atoms with E-state index in [1.165, 1.54) is 6.92 Å². The number of nitrogens with one attached hydrogen (secondary N) is 1. The Bertz CT molecular complexity index is 477. The first kappa shape index (κ1) is 15.5. The van der Waals surface area contributed by atoms with Gasteiger partial charge in [-0.3, -0.25) is 9.59 Å². The first-order chi connectivity index (χ1) is 8.95. The molecular formula is C15H24N2O2. The minimum Gasteiger partial charge on any atom is -0.336 e. The average molecular weight is 264 g/mol. The number of amides is 1. The zero-order chi connectivity index (χ0) is 14.4. The molecule has 1 aromatic rings. The Balaban J connectivity index is 2.84. The van der Waals surface area contributed by atoms with Gasteiger partial charge in [0.25, 0.3) is 5.56 Å². The molecule has 0 aliphatic heterocycles. The Kier molecular flexibility index (Phi) is 5.80. The van der Waals surface area contributed by atoms with E-state index in [9.17, 15) is 9.59 Å². The van der Waals surface area contributed by atoms with Crippen LogP contribution in [0.5, 0.6) is 0 Å². The van der Waals surface area contributed by atoms with Crippen LogP contribution >= 0.6 is 0 Å². The average Bonchev–Trinajstić information content (AvgIpc) is 2.34. The SMILES string of the molecule is CCCCc1ccc(CN(C(C)=O)C(C)C)c(=O)[nH]1. The molecular weight excluding hydrogens is 240 g/mol. The fraction of sp³-hybridized carbons (Fsp3) is 0.600. The molecule has 0 radical (unpaired) electrons. The summed E-state index contributed by atoms with van der Waals surface area (Å²) in [6.07, 6.45) is 3.07. The fourth-order valence-corrected chi connectivity index (χ4v) is 2.02. The first-order valence-electron chi connectivity index (χ1n) is 6.94. The lowest BCUT2D eigenvalue weighted by Gasteiger charge is -2.25. The van der Waals surface area contributed by atoms with E-state index >= 15 is 0 Å². The molecule has 0 aliphatic rings. The third-order valence-electron chi connectivity index (χ3n) is 3.22. The van der Waals surface area contributed by atoms with Crippen LogP contribution in [0.3, 0.4) is 0 Å². The molecule has 0 spiro atoms. The molecule has 4 heteroatoms. The number of aromatic nitrogens is 1. The number of carbonyl (C=O) groups excluding carboxylic acids is 1. The number of carbonyl (C=O) groups is 1. The van der Waals surface area contributed by atoms with Gasteiger partial charge < -0.3 is 9.88 Å². The molecule has 0 bridgehead atoms. The molecule has 1 rings (SSSR count). The maximum absolute atomic E-state index is 12.0. The van der Waals surface area contributed by atoms with Gasteiger partial charge in [-0.1, -0.05) is 19.4 Å². The van der Waals surface area contributed by atoms with Gasteiger partial charge >= 0.3 is 0 Å². The van der Waals surface area contributed by atoms with Crippen LogP contribution in [0, 0.1) is 0 Å². The summed E-state index contributed by atoms with van der Waals surface area (Å²) in [4.78, 5) is 28.1. The van der Waals surface area contributed by atoms with E-state index in [4.69, 9.17) is 0 Å². The molecule has 0 atom stereocenters. The Morgan fingerprint density at radius 2 is 2.05 bits per heavy atom. The number of aryl methyl sites for hydroxylation is 1. The lowest BCUT2D eigenvalue weighted by atomic mass is 10.1. The van der Waals surface area contributed by atoms with E-state index in [0.717, 1.165) is 25.0 Å². The van der Waals surface area contributed by atoms with Crippen LogP contribution in [0.2, 0.25) is 0 Å². The highest BCUT2D eigenvalue weighted by atomic mass is 16.2. The highest BCUT2D eigenvalue weighted by Crippen LogP contribution is 2.07. The fourth-order valence-electron chi connectivity index (χ4n) is 2.02. The van der Waals surface area contributed by atoms with Crippen molar-refractivity contribution < 1.29 is 4.79 Å². The molecule has 106 valence electrons. The van der Waals surface area contributed by atoms with Crippen LogP contribution in [-0.2, 0) is 17.8 Å². The number of hydrogen-bond acceptors (Lipinski definition) is 2. The second kappa shape index (κ2) is 7.12. The van der Waals surface area contributed by atoms with Crippen LogP contribution in [0.15, 0.2) is 16.9 Å². The predicted octanol–water partition coefficient (Wildman–Crippen LogP) is 2.47. The first-order valence-corrected chi connectivity index (χ1v) is 6.94. The van der Waals surface area contributed by atoms with Gasteiger partial charge in [0.2, 0.25) is 5.91 Å². The summed E-state index contributed by atoms with van der Waals surface area (Å²) in [5.74, 6) is -0.00976. The third kappa shape index (κ3) is 4.54. The highest BCUT2D eigenvalue weighted by molar-refractivity contribution is 5.73. The molecule has 0 fully saturated rings. The van der Waals surface area contributed by atoms with Crippen molar-refractivity contribution >= 4 is 5.91 Å². The molecule has 1 N–H and O–H groups in total. The lowest BCUT2D eigenvalue weighted by molar-refractivity contribution is -0.131. The Morgan fingerprint density at radius 3 is 2.53 bits per heavy atom. The summed E-state index contributed by atoms with van der Waals surface area (Å²) in [7, 11) is 0. The van der Waals surface area contributed by atoms with Gasteiger partial charge in [-0.25, -0.2) is 0 Å². The Labute approximate surface area is 114 Å². The van der Waals surface area contributed by atoms with Crippen LogP contribution in [0.25, 0.3) is 0 Å². The van der Waals surface area contributed by atoms with Gasteiger partial charge in [0.1, 0.15) is 0 Å². The van der Waals surface area contributed by atoms with Crippen molar-refractivity contribution in [3.05, 3.63) is 33.7 Å². The van der Waals surface area contributed by atoms with Gasteiger partial charge in [-0.05, 0) is 32.8 Å². The summed E-state index contributed by atoms with van der Waals surface area (Å²) in [5.41, 5.74) is 1.53. The van der Waals surface area contributed by atoms with Gasteiger partial charge in [0.05, 0.1) is 6.54 Å². The molecule has 0 saturated heterocycles. The molecule has 0 unspecified atom stereocenters. The Hall–Kier alpha value is -1.58. The molecule has 4 nitrogen and oxygen atoms in total. The normalized spacial score (nSPS) is 10.8. The molecule has 0 aromatic carbocycles.